The molecule has 4 aromatic carbocycles. The number of nitrogens with two attached hydrogens (primary N) is 1. The Morgan fingerprint density at radius 3 is 1.95 bits per heavy atom. The smallest absolute Gasteiger partial charge is 0.339 e. The molecule has 0 heterocycles. The van der Waals surface area contributed by atoms with Crippen molar-refractivity contribution in [1.82, 2.24) is 0 Å². The largest absolute Gasteiger partial charge is 0.461 e. The van der Waals surface area contributed by atoms with Crippen LogP contribution in [0.3, 0.4) is 0 Å². The molecule has 38 heavy (non-hydrogen) atoms. The predicted octanol–water partition coefficient (Wildman–Crippen LogP) is 5.41. The zero-order chi connectivity index (χ0) is 27.0. The first-order chi connectivity index (χ1) is 18.4. The number of hydrogen-bond donors (Lipinski definition) is 1. The lowest BCUT2D eigenvalue weighted by atomic mass is 9.81. The highest BCUT2D eigenvalue weighted by molar-refractivity contribution is 7.87. The molecule has 196 valence electrons. The van der Waals surface area contributed by atoms with Crippen LogP contribution < -0.4 is 9.92 Å². The van der Waals surface area contributed by atoms with E-state index in [4.69, 9.17) is 14.7 Å². The number of benzene rings is 4. The van der Waals surface area contributed by atoms with Crippen molar-refractivity contribution in [3.05, 3.63) is 131 Å². The van der Waals surface area contributed by atoms with Gasteiger partial charge in [-0.05, 0) is 54.3 Å². The van der Waals surface area contributed by atoms with Gasteiger partial charge in [-0.25, -0.2) is 0 Å². The van der Waals surface area contributed by atoms with Crippen molar-refractivity contribution in [3.63, 3.8) is 0 Å². The highest BCUT2D eigenvalue weighted by Gasteiger charge is 2.30. The number of hydrogen-bond acceptors (Lipinski definition) is 6. The van der Waals surface area contributed by atoms with Crippen LogP contribution in [0.25, 0.3) is 0 Å². The fourth-order valence-electron chi connectivity index (χ4n) is 4.27. The molecule has 6 nitrogen and oxygen atoms in total. The molecule has 2 N–H and O–H groups in total. The molecule has 0 aliphatic rings. The molecule has 0 aliphatic carbocycles. The lowest BCUT2D eigenvalue weighted by Gasteiger charge is -2.26. The number of ether oxygens (including phenoxy) is 1. The van der Waals surface area contributed by atoms with Gasteiger partial charge in [0.05, 0.1) is 5.92 Å². The van der Waals surface area contributed by atoms with Crippen LogP contribution in [0.5, 0.6) is 5.75 Å². The topological polar surface area (TPSA) is 95.7 Å². The van der Waals surface area contributed by atoms with Crippen molar-refractivity contribution in [2.45, 2.75) is 30.8 Å². The number of aryl methyl sites for hydroxylation is 1. The molecule has 4 aromatic rings. The predicted molar refractivity (Wildman–Crippen MR) is 147 cm³/mol. The molecule has 0 fully saturated rings. The highest BCUT2D eigenvalue weighted by atomic mass is 32.2. The maximum absolute atomic E-state index is 13.2. The quantitative estimate of drug-likeness (QED) is 0.206. The van der Waals surface area contributed by atoms with Gasteiger partial charge in [0, 0.05) is 12.5 Å². The van der Waals surface area contributed by atoms with E-state index < -0.39 is 16.0 Å². The zero-order valence-electron chi connectivity index (χ0n) is 21.2. The van der Waals surface area contributed by atoms with Crippen molar-refractivity contribution in [1.29, 1.82) is 0 Å². The lowest BCUT2D eigenvalue weighted by Crippen LogP contribution is -2.32. The van der Waals surface area contributed by atoms with E-state index in [0.717, 1.165) is 22.3 Å². The van der Waals surface area contributed by atoms with Crippen molar-refractivity contribution in [2.24, 2.45) is 11.7 Å². The minimum absolute atomic E-state index is 0.0819. The van der Waals surface area contributed by atoms with E-state index in [9.17, 15) is 13.2 Å². The Hall–Kier alpha value is -3.94. The molecular weight excluding hydrogens is 498 g/mol. The summed E-state index contributed by atoms with van der Waals surface area (Å²) in [6.45, 7) is 2.15. The average Bonchev–Trinajstić information content (AvgIpc) is 2.93. The summed E-state index contributed by atoms with van der Waals surface area (Å²) >= 11 is 0. The van der Waals surface area contributed by atoms with Crippen LogP contribution in [-0.4, -0.2) is 20.9 Å². The van der Waals surface area contributed by atoms with Crippen LogP contribution in [0.4, 0.5) is 0 Å². The molecule has 0 aromatic heterocycles. The van der Waals surface area contributed by atoms with E-state index in [-0.39, 0.29) is 35.7 Å². The van der Waals surface area contributed by atoms with Crippen LogP contribution in [0, 0.1) is 12.8 Å². The van der Waals surface area contributed by atoms with E-state index in [1.54, 1.807) is 36.4 Å². The Kier molecular flexibility index (Phi) is 8.94. The normalized spacial score (nSPS) is 12.9. The maximum atomic E-state index is 13.2. The SMILES string of the molecule is Cc1ccc(S(=O)(=O)Oc2ccc(C(Cc3ccccc3)C(CN)C(=O)OCc3ccccc3)cc2)cc1. The van der Waals surface area contributed by atoms with Gasteiger partial charge in [-0.3, -0.25) is 4.79 Å². The third-order valence-corrected chi connectivity index (χ3v) is 7.65. The van der Waals surface area contributed by atoms with E-state index in [2.05, 4.69) is 0 Å². The molecule has 2 unspecified atom stereocenters. The van der Waals surface area contributed by atoms with Gasteiger partial charge in [-0.2, -0.15) is 8.42 Å². The molecule has 0 saturated carbocycles. The van der Waals surface area contributed by atoms with Gasteiger partial charge < -0.3 is 14.7 Å². The molecule has 0 spiro atoms. The van der Waals surface area contributed by atoms with Crippen LogP contribution in [0.2, 0.25) is 0 Å². The Bertz CT molecular complexity index is 1420. The molecule has 0 aliphatic heterocycles. The Morgan fingerprint density at radius 2 is 1.37 bits per heavy atom. The summed E-state index contributed by atoms with van der Waals surface area (Å²) in [5.74, 6) is -1.07. The van der Waals surface area contributed by atoms with Gasteiger partial charge >= 0.3 is 16.1 Å². The molecule has 0 bridgehead atoms. The summed E-state index contributed by atoms with van der Waals surface area (Å²) in [5, 5.41) is 0. The first-order valence-corrected chi connectivity index (χ1v) is 13.8. The number of carbonyl (C=O) groups is 1. The van der Waals surface area contributed by atoms with Crippen LogP contribution >= 0.6 is 0 Å². The van der Waals surface area contributed by atoms with Crippen molar-refractivity contribution >= 4 is 16.1 Å². The van der Waals surface area contributed by atoms with Crippen LogP contribution in [-0.2, 0) is 32.7 Å². The molecule has 0 radical (unpaired) electrons. The van der Waals surface area contributed by atoms with Gasteiger partial charge in [-0.15, -0.1) is 0 Å². The minimum atomic E-state index is -3.97. The summed E-state index contributed by atoms with van der Waals surface area (Å²) in [5.41, 5.74) is 9.85. The molecule has 0 saturated heterocycles. The first kappa shape index (κ1) is 27.1. The van der Waals surface area contributed by atoms with Crippen molar-refractivity contribution < 1.29 is 22.1 Å². The standard InChI is InChI=1S/C31H31NO5S/c1-23-12-18-28(19-13-23)38(34,35)37-27-16-14-26(15-17-27)29(20-24-8-4-2-5-9-24)30(21-32)31(33)36-22-25-10-6-3-7-11-25/h2-19,29-30H,20-22,32H2,1H3. The molecular formula is C31H31NO5S. The number of carbonyl (C=O) groups excluding carboxylic acids is 1. The Labute approximate surface area is 224 Å². The van der Waals surface area contributed by atoms with Gasteiger partial charge in [0.15, 0.2) is 0 Å². The van der Waals surface area contributed by atoms with Crippen molar-refractivity contribution in [3.8, 4) is 5.75 Å². The Balaban J connectivity index is 1.55. The highest BCUT2D eigenvalue weighted by Crippen LogP contribution is 2.31. The summed E-state index contributed by atoms with van der Waals surface area (Å²) in [6.07, 6.45) is 0.561. The average molecular weight is 530 g/mol. The van der Waals surface area contributed by atoms with E-state index in [1.807, 2.05) is 67.6 Å². The first-order valence-electron chi connectivity index (χ1n) is 12.4. The van der Waals surface area contributed by atoms with E-state index >= 15 is 0 Å². The third-order valence-electron chi connectivity index (χ3n) is 6.39. The van der Waals surface area contributed by atoms with Gasteiger partial charge in [0.2, 0.25) is 0 Å². The van der Waals surface area contributed by atoms with Crippen LogP contribution in [0.15, 0.2) is 114 Å². The van der Waals surface area contributed by atoms with Gasteiger partial charge in [0.1, 0.15) is 17.3 Å². The number of esters is 1. The summed E-state index contributed by atoms with van der Waals surface area (Å²) in [6, 6.07) is 32.6. The fraction of sp³-hybridized carbons (Fsp3) is 0.194. The molecule has 4 rings (SSSR count). The second-order valence-corrected chi connectivity index (χ2v) is 10.7. The minimum Gasteiger partial charge on any atom is -0.461 e. The van der Waals surface area contributed by atoms with Gasteiger partial charge in [0.25, 0.3) is 0 Å². The van der Waals surface area contributed by atoms with Crippen molar-refractivity contribution in [2.75, 3.05) is 6.54 Å². The van der Waals surface area contributed by atoms with Gasteiger partial charge in [-0.1, -0.05) is 90.5 Å². The number of rotatable bonds is 11. The van der Waals surface area contributed by atoms with E-state index in [1.165, 1.54) is 12.1 Å². The molecule has 7 heteroatoms. The second kappa shape index (κ2) is 12.5. The summed E-state index contributed by atoms with van der Waals surface area (Å²) < 4.78 is 36.4. The fourth-order valence-corrected chi connectivity index (χ4v) is 5.20. The molecule has 2 atom stereocenters. The second-order valence-electron chi connectivity index (χ2n) is 9.15. The Morgan fingerprint density at radius 1 is 0.789 bits per heavy atom. The summed E-state index contributed by atoms with van der Waals surface area (Å²) in [4.78, 5) is 13.3. The monoisotopic (exact) mass is 529 g/mol. The summed E-state index contributed by atoms with van der Waals surface area (Å²) in [7, 11) is -3.97. The molecule has 0 amide bonds. The zero-order valence-corrected chi connectivity index (χ0v) is 22.0. The maximum Gasteiger partial charge on any atom is 0.339 e. The third kappa shape index (κ3) is 7.09. The lowest BCUT2D eigenvalue weighted by molar-refractivity contribution is -0.150. The van der Waals surface area contributed by atoms with Crippen LogP contribution in [0.1, 0.15) is 28.2 Å². The van der Waals surface area contributed by atoms with E-state index in [0.29, 0.717) is 6.42 Å².